The van der Waals surface area contributed by atoms with E-state index >= 15 is 0 Å². The van der Waals surface area contributed by atoms with Gasteiger partial charge < -0.3 is 15.5 Å². The van der Waals surface area contributed by atoms with E-state index in [0.29, 0.717) is 12.6 Å². The highest BCUT2D eigenvalue weighted by atomic mass is 15.2. The molecule has 1 fully saturated rings. The third kappa shape index (κ3) is 2.92. The molecule has 2 N–H and O–H groups in total. The Kier molecular flexibility index (Phi) is 4.45. The summed E-state index contributed by atoms with van der Waals surface area (Å²) in [5.41, 5.74) is 9.93. The summed E-state index contributed by atoms with van der Waals surface area (Å²) in [4.78, 5) is 9.90. The number of aromatic nitrogens is 1. The number of pyridine rings is 1. The largest absolute Gasteiger partial charge is 0.356 e. The Morgan fingerprint density at radius 1 is 1.33 bits per heavy atom. The van der Waals surface area contributed by atoms with E-state index in [1.54, 1.807) is 0 Å². The van der Waals surface area contributed by atoms with Crippen LogP contribution >= 0.6 is 0 Å². The first-order valence-electron chi connectivity index (χ1n) is 8.39. The number of hydrogen-bond acceptors (Lipinski definition) is 4. The minimum atomic E-state index is 0.591. The van der Waals surface area contributed by atoms with Gasteiger partial charge in [0.1, 0.15) is 5.82 Å². The molecule has 0 radical (unpaired) electrons. The Hall–Kier alpha value is -1.13. The van der Waals surface area contributed by atoms with E-state index in [4.69, 9.17) is 10.7 Å². The number of aryl methyl sites for hydroxylation is 2. The summed E-state index contributed by atoms with van der Waals surface area (Å²) in [7, 11) is 2.20. The Balaban J connectivity index is 1.79. The topological polar surface area (TPSA) is 45.4 Å². The first-order valence-corrected chi connectivity index (χ1v) is 8.39. The third-order valence-corrected chi connectivity index (χ3v) is 5.21. The van der Waals surface area contributed by atoms with Gasteiger partial charge in [-0.25, -0.2) is 4.98 Å². The third-order valence-electron chi connectivity index (χ3n) is 5.21. The number of likely N-dealkylation sites (tertiary alicyclic amines) is 1. The van der Waals surface area contributed by atoms with Gasteiger partial charge >= 0.3 is 0 Å². The predicted molar refractivity (Wildman–Crippen MR) is 87.7 cm³/mol. The quantitative estimate of drug-likeness (QED) is 0.920. The Morgan fingerprint density at radius 3 is 2.76 bits per heavy atom. The molecule has 1 aliphatic carbocycles. The van der Waals surface area contributed by atoms with Crippen LogP contribution in [0.15, 0.2) is 6.07 Å². The number of hydrogen-bond donors (Lipinski definition) is 1. The van der Waals surface area contributed by atoms with Crippen LogP contribution in [0.2, 0.25) is 0 Å². The van der Waals surface area contributed by atoms with Gasteiger partial charge in [-0.3, -0.25) is 0 Å². The van der Waals surface area contributed by atoms with Crippen LogP contribution in [0.1, 0.15) is 43.0 Å². The van der Waals surface area contributed by atoms with Crippen LogP contribution in [0, 0.1) is 0 Å². The van der Waals surface area contributed by atoms with Crippen molar-refractivity contribution in [3.63, 3.8) is 0 Å². The summed E-state index contributed by atoms with van der Waals surface area (Å²) >= 11 is 0. The fourth-order valence-corrected chi connectivity index (χ4v) is 3.76. The molecule has 1 saturated heterocycles. The van der Waals surface area contributed by atoms with Crippen LogP contribution in [0.5, 0.6) is 0 Å². The number of rotatable bonds is 4. The maximum atomic E-state index is 5.98. The minimum absolute atomic E-state index is 0.591. The van der Waals surface area contributed by atoms with Crippen molar-refractivity contribution < 1.29 is 0 Å². The van der Waals surface area contributed by atoms with Crippen molar-refractivity contribution in [1.82, 2.24) is 9.88 Å². The van der Waals surface area contributed by atoms with Gasteiger partial charge in [-0.1, -0.05) is 6.92 Å². The molecule has 3 rings (SSSR count). The van der Waals surface area contributed by atoms with Crippen molar-refractivity contribution in [2.24, 2.45) is 5.73 Å². The average Bonchev–Trinajstić information content (AvgIpc) is 3.00. The smallest absolute Gasteiger partial charge is 0.133 e. The molecule has 0 aromatic carbocycles. The molecule has 21 heavy (non-hydrogen) atoms. The van der Waals surface area contributed by atoms with Crippen molar-refractivity contribution in [3.8, 4) is 0 Å². The molecule has 0 atom stereocenters. The SMILES string of the molecule is CCN1CCC(N(C)c2nc3c(cc2CN)CCC3)CC1. The molecule has 116 valence electrons. The van der Waals surface area contributed by atoms with E-state index in [2.05, 4.69) is 29.8 Å². The molecule has 2 heterocycles. The van der Waals surface area contributed by atoms with E-state index in [9.17, 15) is 0 Å². The van der Waals surface area contributed by atoms with Gasteiger partial charge in [0, 0.05) is 44.0 Å². The van der Waals surface area contributed by atoms with Gasteiger partial charge in [0.05, 0.1) is 0 Å². The van der Waals surface area contributed by atoms with Gasteiger partial charge in [-0.05, 0) is 50.3 Å². The summed E-state index contributed by atoms with van der Waals surface area (Å²) in [6.45, 7) is 6.41. The van der Waals surface area contributed by atoms with Crippen molar-refractivity contribution in [2.45, 2.75) is 51.6 Å². The van der Waals surface area contributed by atoms with Crippen LogP contribution in [0.25, 0.3) is 0 Å². The standard InChI is InChI=1S/C17H28N4/c1-3-21-9-7-15(8-10-21)20(2)17-14(12-18)11-13-5-4-6-16(13)19-17/h11,15H,3-10,12,18H2,1-2H3. The van der Waals surface area contributed by atoms with Crippen LogP contribution in [0.3, 0.4) is 0 Å². The fourth-order valence-electron chi connectivity index (χ4n) is 3.76. The Labute approximate surface area is 128 Å². The number of anilines is 1. The van der Waals surface area contributed by atoms with E-state index in [1.165, 1.54) is 62.1 Å². The van der Waals surface area contributed by atoms with Crippen LogP contribution in [-0.4, -0.2) is 42.6 Å². The zero-order chi connectivity index (χ0) is 14.8. The summed E-state index contributed by atoms with van der Waals surface area (Å²) in [6, 6.07) is 2.91. The van der Waals surface area contributed by atoms with Crippen LogP contribution in [0.4, 0.5) is 5.82 Å². The molecule has 1 aromatic heterocycles. The second-order valence-corrected chi connectivity index (χ2v) is 6.41. The highest BCUT2D eigenvalue weighted by Gasteiger charge is 2.25. The normalized spacial score (nSPS) is 19.8. The maximum Gasteiger partial charge on any atom is 0.133 e. The lowest BCUT2D eigenvalue weighted by Gasteiger charge is -2.37. The lowest BCUT2D eigenvalue weighted by Crippen LogP contribution is -2.44. The molecule has 0 saturated carbocycles. The molecule has 4 nitrogen and oxygen atoms in total. The van der Waals surface area contributed by atoms with Crippen LogP contribution < -0.4 is 10.6 Å². The molecule has 4 heteroatoms. The number of piperidine rings is 1. The second kappa shape index (κ2) is 6.32. The molecule has 1 aromatic rings. The van der Waals surface area contributed by atoms with E-state index in [1.807, 2.05) is 0 Å². The molecule has 0 unspecified atom stereocenters. The van der Waals surface area contributed by atoms with Crippen LogP contribution in [-0.2, 0) is 19.4 Å². The first kappa shape index (κ1) is 14.8. The zero-order valence-electron chi connectivity index (χ0n) is 13.4. The molecule has 0 amide bonds. The lowest BCUT2D eigenvalue weighted by atomic mass is 10.0. The van der Waals surface area contributed by atoms with Crippen molar-refractivity contribution in [3.05, 3.63) is 22.9 Å². The fraction of sp³-hybridized carbons (Fsp3) is 0.706. The van der Waals surface area contributed by atoms with Gasteiger partial charge in [-0.15, -0.1) is 0 Å². The number of fused-ring (bicyclic) bond motifs is 1. The Bertz CT molecular complexity index is 492. The summed E-state index contributed by atoms with van der Waals surface area (Å²) in [5.74, 6) is 1.13. The average molecular weight is 288 g/mol. The van der Waals surface area contributed by atoms with E-state index in [-0.39, 0.29) is 0 Å². The monoisotopic (exact) mass is 288 g/mol. The summed E-state index contributed by atoms with van der Waals surface area (Å²) in [5, 5.41) is 0. The molecule has 0 bridgehead atoms. The Morgan fingerprint density at radius 2 is 2.10 bits per heavy atom. The highest BCUT2D eigenvalue weighted by molar-refractivity contribution is 5.51. The predicted octanol–water partition coefficient (Wildman–Crippen LogP) is 1.95. The lowest BCUT2D eigenvalue weighted by molar-refractivity contribution is 0.220. The van der Waals surface area contributed by atoms with Crippen molar-refractivity contribution >= 4 is 5.82 Å². The van der Waals surface area contributed by atoms with Gasteiger partial charge in [0.15, 0.2) is 0 Å². The number of nitrogens with two attached hydrogens (primary N) is 1. The van der Waals surface area contributed by atoms with Crippen molar-refractivity contribution in [2.75, 3.05) is 31.6 Å². The molecular formula is C17H28N4. The molecule has 0 spiro atoms. The van der Waals surface area contributed by atoms with E-state index in [0.717, 1.165) is 12.2 Å². The highest BCUT2D eigenvalue weighted by Crippen LogP contribution is 2.29. The van der Waals surface area contributed by atoms with Gasteiger partial charge in [0.2, 0.25) is 0 Å². The summed E-state index contributed by atoms with van der Waals surface area (Å²) < 4.78 is 0. The zero-order valence-corrected chi connectivity index (χ0v) is 13.4. The number of nitrogens with zero attached hydrogens (tertiary/aromatic N) is 3. The van der Waals surface area contributed by atoms with Gasteiger partial charge in [-0.2, -0.15) is 0 Å². The molecule has 2 aliphatic rings. The van der Waals surface area contributed by atoms with E-state index < -0.39 is 0 Å². The van der Waals surface area contributed by atoms with Crippen molar-refractivity contribution in [1.29, 1.82) is 0 Å². The molecular weight excluding hydrogens is 260 g/mol. The minimum Gasteiger partial charge on any atom is -0.356 e. The second-order valence-electron chi connectivity index (χ2n) is 6.41. The van der Waals surface area contributed by atoms with Gasteiger partial charge in [0.25, 0.3) is 0 Å². The first-order chi connectivity index (χ1) is 10.2. The molecule has 1 aliphatic heterocycles. The maximum absolute atomic E-state index is 5.98. The summed E-state index contributed by atoms with van der Waals surface area (Å²) in [6.07, 6.45) is 6.01.